The van der Waals surface area contributed by atoms with Crippen molar-refractivity contribution in [1.29, 1.82) is 0 Å². The molecule has 0 fully saturated rings. The van der Waals surface area contributed by atoms with Gasteiger partial charge in [-0.15, -0.1) is 0 Å². The topological polar surface area (TPSA) is 64.1 Å². The van der Waals surface area contributed by atoms with Crippen molar-refractivity contribution in [2.45, 2.75) is 6.18 Å². The van der Waals surface area contributed by atoms with Crippen LogP contribution in [0.5, 0.6) is 11.6 Å². The van der Waals surface area contributed by atoms with Gasteiger partial charge in [-0.05, 0) is 30.3 Å². The van der Waals surface area contributed by atoms with Crippen LogP contribution in [0.3, 0.4) is 0 Å². The summed E-state index contributed by atoms with van der Waals surface area (Å²) in [6.45, 7) is 0. The Balaban J connectivity index is 1.78. The average Bonchev–Trinajstić information content (AvgIpc) is 2.64. The number of nitrogens with one attached hydrogen (secondary N) is 1. The molecule has 0 unspecified atom stereocenters. The van der Waals surface area contributed by atoms with Crippen molar-refractivity contribution in [3.05, 3.63) is 77.8 Å². The van der Waals surface area contributed by atoms with Crippen molar-refractivity contribution in [3.8, 4) is 11.6 Å². The van der Waals surface area contributed by atoms with Gasteiger partial charge in [0.05, 0.1) is 23.6 Å². The van der Waals surface area contributed by atoms with Gasteiger partial charge in [0.2, 0.25) is 5.88 Å². The first-order valence-corrected chi connectivity index (χ1v) is 7.66. The van der Waals surface area contributed by atoms with E-state index in [4.69, 9.17) is 4.74 Å². The van der Waals surface area contributed by atoms with Crippen LogP contribution in [0.25, 0.3) is 0 Å². The number of ether oxygens (including phenoxy) is 1. The molecule has 1 amide bonds. The molecular weight excluding hydrogens is 385 g/mol. The zero-order chi connectivity index (χ0) is 20.3. The van der Waals surface area contributed by atoms with Crippen LogP contribution in [0.4, 0.5) is 27.6 Å². The molecule has 10 heteroatoms. The highest BCUT2D eigenvalue weighted by molar-refractivity contribution is 6.02. The maximum atomic E-state index is 13.6. The SMILES string of the molecule is O=C(Nc1ccc(F)cc1F)c1cncc(Oc2cccc(C(F)(F)F)c2)n1. The molecule has 144 valence electrons. The van der Waals surface area contributed by atoms with E-state index in [2.05, 4.69) is 15.3 Å². The molecule has 0 aliphatic heterocycles. The summed E-state index contributed by atoms with van der Waals surface area (Å²) >= 11 is 0. The summed E-state index contributed by atoms with van der Waals surface area (Å²) < 4.78 is 70.0. The van der Waals surface area contributed by atoms with Gasteiger partial charge < -0.3 is 10.1 Å². The number of hydrogen-bond donors (Lipinski definition) is 1. The van der Waals surface area contributed by atoms with E-state index in [1.807, 2.05) is 0 Å². The minimum atomic E-state index is -4.55. The second kappa shape index (κ2) is 7.59. The standard InChI is InChI=1S/C18H10F5N3O2/c19-11-4-5-14(13(20)7-11)26-17(27)15-8-24-9-16(25-15)28-12-3-1-2-10(6-12)18(21,22)23/h1-9H,(H,26,27). The van der Waals surface area contributed by atoms with Crippen molar-refractivity contribution < 1.29 is 31.5 Å². The van der Waals surface area contributed by atoms with E-state index in [9.17, 15) is 26.7 Å². The van der Waals surface area contributed by atoms with Crippen LogP contribution in [-0.2, 0) is 6.18 Å². The average molecular weight is 395 g/mol. The Morgan fingerprint density at radius 2 is 1.82 bits per heavy atom. The molecule has 1 N–H and O–H groups in total. The maximum absolute atomic E-state index is 13.6. The molecule has 1 heterocycles. The van der Waals surface area contributed by atoms with E-state index in [1.54, 1.807) is 0 Å². The second-order valence-corrected chi connectivity index (χ2v) is 5.45. The largest absolute Gasteiger partial charge is 0.437 e. The summed E-state index contributed by atoms with van der Waals surface area (Å²) in [6, 6.07) is 6.64. The van der Waals surface area contributed by atoms with Gasteiger partial charge in [0, 0.05) is 6.07 Å². The molecule has 0 radical (unpaired) electrons. The van der Waals surface area contributed by atoms with Gasteiger partial charge in [-0.25, -0.2) is 13.8 Å². The van der Waals surface area contributed by atoms with E-state index in [-0.39, 0.29) is 23.0 Å². The lowest BCUT2D eigenvalue weighted by molar-refractivity contribution is -0.137. The second-order valence-electron chi connectivity index (χ2n) is 5.45. The number of hydrogen-bond acceptors (Lipinski definition) is 4. The van der Waals surface area contributed by atoms with Gasteiger partial charge in [0.15, 0.2) is 5.69 Å². The maximum Gasteiger partial charge on any atom is 0.416 e. The van der Waals surface area contributed by atoms with Crippen LogP contribution < -0.4 is 10.1 Å². The molecule has 2 aromatic carbocycles. The van der Waals surface area contributed by atoms with Crippen molar-refractivity contribution in [2.75, 3.05) is 5.32 Å². The fraction of sp³-hybridized carbons (Fsp3) is 0.0556. The summed E-state index contributed by atoms with van der Waals surface area (Å²) in [6.07, 6.45) is -2.41. The highest BCUT2D eigenvalue weighted by atomic mass is 19.4. The number of carbonyl (C=O) groups is 1. The zero-order valence-corrected chi connectivity index (χ0v) is 13.8. The number of halogens is 5. The normalized spacial score (nSPS) is 11.2. The Morgan fingerprint density at radius 3 is 2.54 bits per heavy atom. The Hall–Kier alpha value is -3.56. The van der Waals surface area contributed by atoms with Crippen molar-refractivity contribution >= 4 is 11.6 Å². The van der Waals surface area contributed by atoms with Crippen LogP contribution >= 0.6 is 0 Å². The lowest BCUT2D eigenvalue weighted by Crippen LogP contribution is -2.15. The molecular formula is C18H10F5N3O2. The van der Waals surface area contributed by atoms with E-state index in [0.717, 1.165) is 42.7 Å². The van der Waals surface area contributed by atoms with Gasteiger partial charge in [0.1, 0.15) is 17.4 Å². The summed E-state index contributed by atoms with van der Waals surface area (Å²) in [5.41, 5.74) is -1.48. The number of benzene rings is 2. The van der Waals surface area contributed by atoms with E-state index in [1.165, 1.54) is 6.07 Å². The van der Waals surface area contributed by atoms with Gasteiger partial charge in [-0.3, -0.25) is 9.78 Å². The molecule has 0 saturated heterocycles. The van der Waals surface area contributed by atoms with Crippen LogP contribution in [0.15, 0.2) is 54.9 Å². The molecule has 5 nitrogen and oxygen atoms in total. The lowest BCUT2D eigenvalue weighted by atomic mass is 10.2. The minimum Gasteiger partial charge on any atom is -0.437 e. The predicted octanol–water partition coefficient (Wildman–Crippen LogP) is 4.82. The molecule has 3 aromatic rings. The molecule has 3 rings (SSSR count). The van der Waals surface area contributed by atoms with Gasteiger partial charge >= 0.3 is 6.18 Å². The quantitative estimate of drug-likeness (QED) is 0.644. The number of alkyl halides is 3. The van der Waals surface area contributed by atoms with E-state index >= 15 is 0 Å². The summed E-state index contributed by atoms with van der Waals surface area (Å²) in [7, 11) is 0. The summed E-state index contributed by atoms with van der Waals surface area (Å²) in [4.78, 5) is 19.7. The van der Waals surface area contributed by atoms with Crippen LogP contribution in [0.1, 0.15) is 16.1 Å². The third-order valence-electron chi connectivity index (χ3n) is 3.41. The van der Waals surface area contributed by atoms with Crippen molar-refractivity contribution in [1.82, 2.24) is 9.97 Å². The highest BCUT2D eigenvalue weighted by Crippen LogP contribution is 2.32. The lowest BCUT2D eigenvalue weighted by Gasteiger charge is -2.10. The van der Waals surface area contributed by atoms with E-state index < -0.39 is 29.3 Å². The first-order chi connectivity index (χ1) is 13.2. The first kappa shape index (κ1) is 19.2. The number of aromatic nitrogens is 2. The molecule has 0 atom stereocenters. The number of amides is 1. The number of nitrogens with zero attached hydrogens (tertiary/aromatic N) is 2. The minimum absolute atomic E-state index is 0.161. The fourth-order valence-electron chi connectivity index (χ4n) is 2.14. The van der Waals surface area contributed by atoms with Crippen molar-refractivity contribution in [3.63, 3.8) is 0 Å². The molecule has 0 aliphatic carbocycles. The fourth-order valence-corrected chi connectivity index (χ4v) is 2.14. The third kappa shape index (κ3) is 4.58. The Morgan fingerprint density at radius 1 is 1.04 bits per heavy atom. The van der Waals surface area contributed by atoms with Crippen molar-refractivity contribution in [2.24, 2.45) is 0 Å². The smallest absolute Gasteiger partial charge is 0.416 e. The Bertz CT molecular complexity index is 1020. The van der Waals surface area contributed by atoms with Crippen LogP contribution in [0.2, 0.25) is 0 Å². The molecule has 0 aliphatic rings. The first-order valence-electron chi connectivity index (χ1n) is 7.66. The van der Waals surface area contributed by atoms with Gasteiger partial charge in [-0.2, -0.15) is 13.2 Å². The molecule has 0 bridgehead atoms. The molecule has 0 saturated carbocycles. The van der Waals surface area contributed by atoms with Crippen LogP contribution in [-0.4, -0.2) is 15.9 Å². The summed E-state index contributed by atoms with van der Waals surface area (Å²) in [5.74, 6) is -3.07. The molecule has 0 spiro atoms. The highest BCUT2D eigenvalue weighted by Gasteiger charge is 2.30. The number of carbonyl (C=O) groups excluding carboxylic acids is 1. The monoisotopic (exact) mass is 395 g/mol. The number of anilines is 1. The third-order valence-corrected chi connectivity index (χ3v) is 3.41. The van der Waals surface area contributed by atoms with Crippen LogP contribution in [0, 0.1) is 11.6 Å². The molecule has 28 heavy (non-hydrogen) atoms. The van der Waals surface area contributed by atoms with E-state index in [0.29, 0.717) is 6.07 Å². The van der Waals surface area contributed by atoms with Gasteiger partial charge in [0.25, 0.3) is 5.91 Å². The Kier molecular flexibility index (Phi) is 5.21. The van der Waals surface area contributed by atoms with Gasteiger partial charge in [-0.1, -0.05) is 6.07 Å². The summed E-state index contributed by atoms with van der Waals surface area (Å²) in [5, 5.41) is 2.19. The molecule has 1 aromatic heterocycles. The Labute approximate surface area is 154 Å². The zero-order valence-electron chi connectivity index (χ0n) is 13.8. The number of rotatable bonds is 4. The predicted molar refractivity (Wildman–Crippen MR) is 87.9 cm³/mol.